The molecular formula is C18H26BrNO5Si. The average molecular weight is 444 g/mol. The Morgan fingerprint density at radius 3 is 2.62 bits per heavy atom. The molecule has 1 aromatic rings. The number of hydrogen-bond donors (Lipinski definition) is 1. The quantitative estimate of drug-likeness (QED) is 0.538. The largest absolute Gasteiger partial charge is 0.508 e. The van der Waals surface area contributed by atoms with E-state index in [1.807, 2.05) is 31.2 Å². The highest BCUT2D eigenvalue weighted by Gasteiger charge is 2.36. The van der Waals surface area contributed by atoms with Gasteiger partial charge in [0.2, 0.25) is 0 Å². The maximum Gasteiger partial charge on any atom is 0.508 e. The summed E-state index contributed by atoms with van der Waals surface area (Å²) in [6, 6.07) is 7.80. The molecule has 26 heavy (non-hydrogen) atoms. The van der Waals surface area contributed by atoms with Crippen LogP contribution in [-0.4, -0.2) is 55.2 Å². The smallest absolute Gasteiger partial charge is 0.465 e. The monoisotopic (exact) mass is 443 g/mol. The van der Waals surface area contributed by atoms with E-state index in [0.29, 0.717) is 13.0 Å². The van der Waals surface area contributed by atoms with Gasteiger partial charge >= 0.3 is 12.2 Å². The SMILES string of the molecule is CC(OC(=O)OC1CN(C(=O)O)CCC1c1cccc(Br)c1)[Si](C)(C)C. The Hall–Kier alpha value is -1.54. The summed E-state index contributed by atoms with van der Waals surface area (Å²) in [7, 11) is -1.64. The Kier molecular flexibility index (Phi) is 6.73. The molecule has 1 aliphatic heterocycles. The van der Waals surface area contributed by atoms with Gasteiger partial charge in [0.15, 0.2) is 0 Å². The van der Waals surface area contributed by atoms with Crippen molar-refractivity contribution in [3.05, 3.63) is 34.3 Å². The van der Waals surface area contributed by atoms with Gasteiger partial charge in [-0.1, -0.05) is 47.7 Å². The number of carbonyl (C=O) groups is 2. The lowest BCUT2D eigenvalue weighted by Gasteiger charge is -2.37. The first-order chi connectivity index (χ1) is 12.1. The number of ether oxygens (including phenoxy) is 2. The summed E-state index contributed by atoms with van der Waals surface area (Å²) < 4.78 is 12.0. The molecule has 0 radical (unpaired) electrons. The molecular weight excluding hydrogens is 418 g/mol. The minimum absolute atomic E-state index is 0.0714. The summed E-state index contributed by atoms with van der Waals surface area (Å²) in [6.45, 7) is 8.77. The summed E-state index contributed by atoms with van der Waals surface area (Å²) in [5.41, 5.74) is 0.832. The van der Waals surface area contributed by atoms with Gasteiger partial charge in [0.25, 0.3) is 0 Å². The third-order valence-electron chi connectivity index (χ3n) is 4.85. The molecule has 3 unspecified atom stereocenters. The van der Waals surface area contributed by atoms with Crippen molar-refractivity contribution in [1.82, 2.24) is 4.90 Å². The highest BCUT2D eigenvalue weighted by Crippen LogP contribution is 2.32. The molecule has 3 atom stereocenters. The number of rotatable bonds is 4. The highest BCUT2D eigenvalue weighted by atomic mass is 79.9. The van der Waals surface area contributed by atoms with Crippen LogP contribution in [0.25, 0.3) is 0 Å². The number of nitrogens with zero attached hydrogens (tertiary/aromatic N) is 1. The zero-order chi connectivity index (χ0) is 19.5. The van der Waals surface area contributed by atoms with Gasteiger partial charge in [-0.25, -0.2) is 9.59 Å². The number of carbonyl (C=O) groups excluding carboxylic acids is 1. The zero-order valence-corrected chi connectivity index (χ0v) is 18.2. The van der Waals surface area contributed by atoms with Gasteiger partial charge in [0.1, 0.15) is 6.10 Å². The van der Waals surface area contributed by atoms with E-state index in [-0.39, 0.29) is 18.2 Å². The molecule has 1 heterocycles. The molecule has 144 valence electrons. The normalized spacial score (nSPS) is 21.8. The van der Waals surface area contributed by atoms with Crippen LogP contribution in [0, 0.1) is 0 Å². The van der Waals surface area contributed by atoms with Crippen LogP contribution in [0.5, 0.6) is 0 Å². The first kappa shape index (κ1) is 20.8. The summed E-state index contributed by atoms with van der Waals surface area (Å²) in [6.07, 6.45) is -1.72. The molecule has 1 N–H and O–H groups in total. The predicted molar refractivity (Wildman–Crippen MR) is 105 cm³/mol. The Balaban J connectivity index is 2.15. The number of hydrogen-bond acceptors (Lipinski definition) is 4. The van der Waals surface area contributed by atoms with Crippen molar-refractivity contribution in [1.29, 1.82) is 0 Å². The van der Waals surface area contributed by atoms with Gasteiger partial charge < -0.3 is 19.5 Å². The highest BCUT2D eigenvalue weighted by molar-refractivity contribution is 9.10. The van der Waals surface area contributed by atoms with Crippen LogP contribution in [0.2, 0.25) is 19.6 Å². The third-order valence-corrected chi connectivity index (χ3v) is 7.90. The second kappa shape index (κ2) is 8.43. The van der Waals surface area contributed by atoms with Gasteiger partial charge in [-0.15, -0.1) is 0 Å². The van der Waals surface area contributed by atoms with Crippen LogP contribution in [0.4, 0.5) is 9.59 Å². The van der Waals surface area contributed by atoms with Crippen molar-refractivity contribution in [2.45, 2.75) is 50.7 Å². The molecule has 0 saturated carbocycles. The van der Waals surface area contributed by atoms with Gasteiger partial charge in [-0.2, -0.15) is 0 Å². The van der Waals surface area contributed by atoms with Crippen LogP contribution in [-0.2, 0) is 9.47 Å². The Labute approximate surface area is 163 Å². The number of benzene rings is 1. The average Bonchev–Trinajstić information content (AvgIpc) is 2.53. The maximum absolute atomic E-state index is 12.3. The second-order valence-corrected chi connectivity index (χ2v) is 14.2. The number of amides is 1. The van der Waals surface area contributed by atoms with Crippen molar-refractivity contribution in [3.8, 4) is 0 Å². The summed E-state index contributed by atoms with van der Waals surface area (Å²) in [4.78, 5) is 24.9. The third kappa shape index (κ3) is 5.47. The van der Waals surface area contributed by atoms with Crippen molar-refractivity contribution < 1.29 is 24.2 Å². The van der Waals surface area contributed by atoms with Gasteiger partial charge in [-0.05, 0) is 31.0 Å². The van der Waals surface area contributed by atoms with E-state index >= 15 is 0 Å². The fourth-order valence-electron chi connectivity index (χ4n) is 2.80. The van der Waals surface area contributed by atoms with E-state index in [1.54, 1.807) is 0 Å². The van der Waals surface area contributed by atoms with Crippen LogP contribution in [0.3, 0.4) is 0 Å². The Morgan fingerprint density at radius 2 is 2.04 bits per heavy atom. The summed E-state index contributed by atoms with van der Waals surface area (Å²) in [5, 5.41) is 9.30. The Bertz CT molecular complexity index is 663. The number of piperidine rings is 1. The van der Waals surface area contributed by atoms with Crippen LogP contribution >= 0.6 is 15.9 Å². The lowest BCUT2D eigenvalue weighted by atomic mass is 9.87. The molecule has 0 aliphatic carbocycles. The molecule has 1 amide bonds. The zero-order valence-electron chi connectivity index (χ0n) is 15.6. The van der Waals surface area contributed by atoms with E-state index in [0.717, 1.165) is 10.0 Å². The van der Waals surface area contributed by atoms with Crippen LogP contribution in [0.15, 0.2) is 28.7 Å². The minimum atomic E-state index is -1.64. The van der Waals surface area contributed by atoms with Gasteiger partial charge in [0, 0.05) is 16.9 Å². The van der Waals surface area contributed by atoms with E-state index in [2.05, 4.69) is 35.6 Å². The molecule has 0 aromatic heterocycles. The van der Waals surface area contributed by atoms with Crippen LogP contribution in [0.1, 0.15) is 24.8 Å². The molecule has 1 aliphatic rings. The van der Waals surface area contributed by atoms with Crippen molar-refractivity contribution in [2.24, 2.45) is 0 Å². The molecule has 2 rings (SSSR count). The molecule has 0 bridgehead atoms. The molecule has 0 spiro atoms. The van der Waals surface area contributed by atoms with E-state index in [4.69, 9.17) is 9.47 Å². The van der Waals surface area contributed by atoms with Crippen molar-refractivity contribution in [3.63, 3.8) is 0 Å². The standard InChI is InChI=1S/C18H26BrNO5Si/c1-12(26(2,3)4)24-18(23)25-16-11-20(17(21)22)9-8-15(16)13-6-5-7-14(19)10-13/h5-7,10,12,15-16H,8-9,11H2,1-4H3,(H,21,22). The summed E-state index contributed by atoms with van der Waals surface area (Å²) in [5.74, 6) is -0.0714. The molecule has 6 nitrogen and oxygen atoms in total. The van der Waals surface area contributed by atoms with Gasteiger partial charge in [-0.3, -0.25) is 0 Å². The summed E-state index contributed by atoms with van der Waals surface area (Å²) >= 11 is 3.46. The Morgan fingerprint density at radius 1 is 1.35 bits per heavy atom. The van der Waals surface area contributed by atoms with Gasteiger partial charge in [0.05, 0.1) is 20.3 Å². The molecule has 1 aromatic carbocycles. The second-order valence-electron chi connectivity index (χ2n) is 7.71. The fourth-order valence-corrected chi connectivity index (χ4v) is 3.67. The van der Waals surface area contributed by atoms with E-state index < -0.39 is 26.4 Å². The number of halogens is 1. The first-order valence-corrected chi connectivity index (χ1v) is 13.1. The lowest BCUT2D eigenvalue weighted by Crippen LogP contribution is -2.48. The maximum atomic E-state index is 12.3. The topological polar surface area (TPSA) is 76.1 Å². The van der Waals surface area contributed by atoms with E-state index in [1.165, 1.54) is 4.90 Å². The molecule has 1 saturated heterocycles. The van der Waals surface area contributed by atoms with Crippen molar-refractivity contribution >= 4 is 36.3 Å². The predicted octanol–water partition coefficient (Wildman–Crippen LogP) is 4.70. The molecule has 1 fully saturated rings. The minimum Gasteiger partial charge on any atom is -0.465 e. The molecule has 8 heteroatoms. The number of carboxylic acid groups (broad SMARTS) is 1. The lowest BCUT2D eigenvalue weighted by molar-refractivity contribution is -0.0166. The first-order valence-electron chi connectivity index (χ1n) is 8.68. The number of likely N-dealkylation sites (tertiary alicyclic amines) is 1. The van der Waals surface area contributed by atoms with E-state index in [9.17, 15) is 14.7 Å². The fraction of sp³-hybridized carbons (Fsp3) is 0.556. The van der Waals surface area contributed by atoms with Crippen molar-refractivity contribution in [2.75, 3.05) is 13.1 Å². The van der Waals surface area contributed by atoms with Crippen LogP contribution < -0.4 is 0 Å².